The van der Waals surface area contributed by atoms with Gasteiger partial charge in [-0.3, -0.25) is 4.68 Å². The molecular weight excluding hydrogens is 250 g/mol. The molecule has 2 rings (SSSR count). The summed E-state index contributed by atoms with van der Waals surface area (Å²) in [5.74, 6) is 0.962. The third-order valence-corrected chi connectivity index (χ3v) is 3.31. The van der Waals surface area contributed by atoms with Gasteiger partial charge in [0.2, 0.25) is 0 Å². The maximum absolute atomic E-state index is 5.38. The maximum Gasteiger partial charge on any atom is 0.122 e. The molecule has 1 N–H and O–H groups in total. The van der Waals surface area contributed by atoms with Crippen molar-refractivity contribution in [1.82, 2.24) is 15.1 Å². The number of aryl methyl sites for hydroxylation is 1. The minimum Gasteiger partial charge on any atom is -0.496 e. The molecule has 0 aliphatic heterocycles. The van der Waals surface area contributed by atoms with E-state index in [4.69, 9.17) is 4.74 Å². The van der Waals surface area contributed by atoms with Crippen molar-refractivity contribution in [1.29, 1.82) is 0 Å². The van der Waals surface area contributed by atoms with Gasteiger partial charge in [0.1, 0.15) is 5.75 Å². The van der Waals surface area contributed by atoms with Crippen LogP contribution in [0.15, 0.2) is 36.7 Å². The van der Waals surface area contributed by atoms with Crippen LogP contribution >= 0.6 is 0 Å². The molecule has 1 unspecified atom stereocenters. The summed E-state index contributed by atoms with van der Waals surface area (Å²) in [5.41, 5.74) is 2.44. The first-order chi connectivity index (χ1) is 9.69. The van der Waals surface area contributed by atoms with E-state index < -0.39 is 0 Å². The van der Waals surface area contributed by atoms with Gasteiger partial charge >= 0.3 is 0 Å². The lowest BCUT2D eigenvalue weighted by molar-refractivity contribution is 0.405. The summed E-state index contributed by atoms with van der Waals surface area (Å²) < 4.78 is 7.35. The van der Waals surface area contributed by atoms with E-state index in [1.54, 1.807) is 7.11 Å². The second-order valence-electron chi connectivity index (χ2n) is 5.15. The molecule has 0 amide bonds. The molecule has 1 heterocycles. The number of nitrogens with one attached hydrogen (secondary N) is 1. The Balaban J connectivity index is 1.79. The lowest BCUT2D eigenvalue weighted by Gasteiger charge is -2.15. The number of rotatable bonds is 7. The quantitative estimate of drug-likeness (QED) is 0.842. The highest BCUT2D eigenvalue weighted by molar-refractivity contribution is 5.33. The van der Waals surface area contributed by atoms with Gasteiger partial charge in [0.15, 0.2) is 0 Å². The molecule has 0 aliphatic carbocycles. The molecule has 1 atom stereocenters. The molecule has 4 nitrogen and oxygen atoms in total. The average Bonchev–Trinajstić information content (AvgIpc) is 2.85. The second-order valence-corrected chi connectivity index (χ2v) is 5.15. The van der Waals surface area contributed by atoms with E-state index in [9.17, 15) is 0 Å². The van der Waals surface area contributed by atoms with Gasteiger partial charge < -0.3 is 10.1 Å². The van der Waals surface area contributed by atoms with E-state index in [-0.39, 0.29) is 0 Å². The first kappa shape index (κ1) is 14.6. The van der Waals surface area contributed by atoms with Crippen LogP contribution in [0.4, 0.5) is 0 Å². The molecule has 0 aliphatic rings. The van der Waals surface area contributed by atoms with E-state index in [2.05, 4.69) is 42.6 Å². The number of ether oxygens (including phenoxy) is 1. The molecule has 0 saturated carbocycles. The van der Waals surface area contributed by atoms with Crippen molar-refractivity contribution in [3.63, 3.8) is 0 Å². The summed E-state index contributed by atoms with van der Waals surface area (Å²) in [5, 5.41) is 7.80. The largest absolute Gasteiger partial charge is 0.496 e. The SMILES string of the molecule is COc1ccccc1CC(C)NCCn1cc(C)cn1. The zero-order valence-corrected chi connectivity index (χ0v) is 12.5. The maximum atomic E-state index is 5.38. The van der Waals surface area contributed by atoms with Crippen LogP contribution in [0.2, 0.25) is 0 Å². The number of nitrogens with zero attached hydrogens (tertiary/aromatic N) is 2. The fraction of sp³-hybridized carbons (Fsp3) is 0.438. The Morgan fingerprint density at radius 2 is 2.15 bits per heavy atom. The van der Waals surface area contributed by atoms with Gasteiger partial charge in [0.25, 0.3) is 0 Å². The molecule has 1 aromatic carbocycles. The Bertz CT molecular complexity index is 536. The third kappa shape index (κ3) is 4.10. The summed E-state index contributed by atoms with van der Waals surface area (Å²) in [6.07, 6.45) is 4.91. The Kier molecular flexibility index (Phi) is 5.18. The molecular formula is C16H23N3O. The summed E-state index contributed by atoms with van der Waals surface area (Å²) >= 11 is 0. The second kappa shape index (κ2) is 7.10. The van der Waals surface area contributed by atoms with Crippen LogP contribution in [0, 0.1) is 6.92 Å². The van der Waals surface area contributed by atoms with E-state index >= 15 is 0 Å². The molecule has 4 heteroatoms. The summed E-state index contributed by atoms with van der Waals surface area (Å²) in [4.78, 5) is 0. The predicted molar refractivity (Wildman–Crippen MR) is 81.1 cm³/mol. The fourth-order valence-corrected chi connectivity index (χ4v) is 2.29. The summed E-state index contributed by atoms with van der Waals surface area (Å²) in [6.45, 7) is 6.06. The Hall–Kier alpha value is -1.81. The van der Waals surface area contributed by atoms with Crippen LogP contribution in [0.5, 0.6) is 5.75 Å². The van der Waals surface area contributed by atoms with Crippen LogP contribution in [0.3, 0.4) is 0 Å². The highest BCUT2D eigenvalue weighted by Gasteiger charge is 2.07. The molecule has 20 heavy (non-hydrogen) atoms. The molecule has 1 aromatic heterocycles. The summed E-state index contributed by atoms with van der Waals surface area (Å²) in [6, 6.07) is 8.59. The molecule has 0 saturated heterocycles. The van der Waals surface area contributed by atoms with Gasteiger partial charge in [-0.1, -0.05) is 18.2 Å². The van der Waals surface area contributed by atoms with Crippen molar-refractivity contribution < 1.29 is 4.74 Å². The van der Waals surface area contributed by atoms with Crippen LogP contribution in [0.25, 0.3) is 0 Å². The topological polar surface area (TPSA) is 39.1 Å². The van der Waals surface area contributed by atoms with Crippen LogP contribution < -0.4 is 10.1 Å². The zero-order chi connectivity index (χ0) is 14.4. The molecule has 0 bridgehead atoms. The fourth-order valence-electron chi connectivity index (χ4n) is 2.29. The number of hydrogen-bond donors (Lipinski definition) is 1. The van der Waals surface area contributed by atoms with Crippen molar-refractivity contribution in [2.45, 2.75) is 32.9 Å². The molecule has 0 fully saturated rings. The van der Waals surface area contributed by atoms with Crippen LogP contribution in [0.1, 0.15) is 18.1 Å². The van der Waals surface area contributed by atoms with E-state index in [0.717, 1.165) is 25.3 Å². The van der Waals surface area contributed by atoms with Crippen LogP contribution in [-0.4, -0.2) is 29.5 Å². The van der Waals surface area contributed by atoms with Crippen molar-refractivity contribution in [2.75, 3.05) is 13.7 Å². The number of para-hydroxylation sites is 1. The first-order valence-electron chi connectivity index (χ1n) is 7.03. The van der Waals surface area contributed by atoms with Gasteiger partial charge in [-0.2, -0.15) is 5.10 Å². The van der Waals surface area contributed by atoms with Crippen LogP contribution in [-0.2, 0) is 13.0 Å². The minimum atomic E-state index is 0.406. The highest BCUT2D eigenvalue weighted by Crippen LogP contribution is 2.18. The minimum absolute atomic E-state index is 0.406. The number of hydrogen-bond acceptors (Lipinski definition) is 3. The lowest BCUT2D eigenvalue weighted by Crippen LogP contribution is -2.31. The van der Waals surface area contributed by atoms with Crippen molar-refractivity contribution in [3.8, 4) is 5.75 Å². The van der Waals surface area contributed by atoms with Gasteiger partial charge in [0, 0.05) is 18.8 Å². The molecule has 2 aromatic rings. The Morgan fingerprint density at radius 3 is 2.85 bits per heavy atom. The van der Waals surface area contributed by atoms with E-state index in [1.165, 1.54) is 11.1 Å². The smallest absolute Gasteiger partial charge is 0.122 e. The van der Waals surface area contributed by atoms with Gasteiger partial charge in [0.05, 0.1) is 19.9 Å². The predicted octanol–water partition coefficient (Wildman–Crippen LogP) is 2.42. The Labute approximate surface area is 120 Å². The van der Waals surface area contributed by atoms with Gasteiger partial charge in [-0.05, 0) is 37.5 Å². The van der Waals surface area contributed by atoms with Gasteiger partial charge in [-0.15, -0.1) is 0 Å². The average molecular weight is 273 g/mol. The first-order valence-corrected chi connectivity index (χ1v) is 7.03. The summed E-state index contributed by atoms with van der Waals surface area (Å²) in [7, 11) is 1.72. The lowest BCUT2D eigenvalue weighted by atomic mass is 10.1. The Morgan fingerprint density at radius 1 is 1.35 bits per heavy atom. The van der Waals surface area contributed by atoms with E-state index in [1.807, 2.05) is 23.0 Å². The normalized spacial score (nSPS) is 12.3. The van der Waals surface area contributed by atoms with E-state index in [0.29, 0.717) is 6.04 Å². The highest BCUT2D eigenvalue weighted by atomic mass is 16.5. The number of benzene rings is 1. The molecule has 108 valence electrons. The zero-order valence-electron chi connectivity index (χ0n) is 12.5. The monoisotopic (exact) mass is 273 g/mol. The third-order valence-electron chi connectivity index (χ3n) is 3.31. The number of methoxy groups -OCH3 is 1. The van der Waals surface area contributed by atoms with Crippen molar-refractivity contribution >= 4 is 0 Å². The number of aromatic nitrogens is 2. The van der Waals surface area contributed by atoms with Crippen molar-refractivity contribution in [3.05, 3.63) is 47.8 Å². The molecule has 0 radical (unpaired) electrons. The standard InChI is InChI=1S/C16H23N3O/c1-13-11-18-19(12-13)9-8-17-14(2)10-15-6-4-5-7-16(15)20-3/h4-7,11-12,14,17H,8-10H2,1-3H3. The van der Waals surface area contributed by atoms with Crippen molar-refractivity contribution in [2.24, 2.45) is 0 Å². The molecule has 0 spiro atoms. The van der Waals surface area contributed by atoms with Gasteiger partial charge in [-0.25, -0.2) is 0 Å².